The Balaban J connectivity index is 1.69. The number of hydrogen-bond acceptors (Lipinski definition) is 3. The summed E-state index contributed by atoms with van der Waals surface area (Å²) in [6.07, 6.45) is 0.383. The van der Waals surface area contributed by atoms with Crippen LogP contribution in [0.5, 0.6) is 0 Å². The molecule has 3 aliphatic heterocycles. The lowest BCUT2D eigenvalue weighted by molar-refractivity contribution is -0.128. The van der Waals surface area contributed by atoms with Crippen molar-refractivity contribution >= 4 is 21.7 Å². The van der Waals surface area contributed by atoms with E-state index in [1.807, 2.05) is 0 Å². The first kappa shape index (κ1) is 13.2. The minimum Gasteiger partial charge on any atom is -0.299 e. The first-order valence-corrected chi connectivity index (χ1v) is 7.36. The molecular formula is C14H16BrFN2O. The van der Waals surface area contributed by atoms with Gasteiger partial charge in [-0.05, 0) is 33.6 Å². The third-order valence-corrected chi connectivity index (χ3v) is 4.62. The van der Waals surface area contributed by atoms with Gasteiger partial charge in [-0.25, -0.2) is 4.39 Å². The second-order valence-electron chi connectivity index (χ2n) is 5.24. The van der Waals surface area contributed by atoms with Crippen LogP contribution in [-0.2, 0) is 11.2 Å². The Kier molecular flexibility index (Phi) is 3.69. The van der Waals surface area contributed by atoms with Crippen molar-refractivity contribution in [1.29, 1.82) is 0 Å². The van der Waals surface area contributed by atoms with Gasteiger partial charge in [-0.1, -0.05) is 6.07 Å². The quantitative estimate of drug-likeness (QED) is 0.844. The molecule has 0 spiro atoms. The molecule has 1 aromatic rings. The highest BCUT2D eigenvalue weighted by Crippen LogP contribution is 2.20. The highest BCUT2D eigenvalue weighted by molar-refractivity contribution is 9.10. The molecule has 0 amide bonds. The molecular weight excluding hydrogens is 311 g/mol. The molecule has 1 atom stereocenters. The van der Waals surface area contributed by atoms with Crippen molar-refractivity contribution in [2.24, 2.45) is 0 Å². The largest absolute Gasteiger partial charge is 0.299 e. The summed E-state index contributed by atoms with van der Waals surface area (Å²) in [4.78, 5) is 17.0. The van der Waals surface area contributed by atoms with Crippen LogP contribution < -0.4 is 0 Å². The van der Waals surface area contributed by atoms with Crippen LogP contribution in [0.2, 0.25) is 0 Å². The van der Waals surface area contributed by atoms with Gasteiger partial charge in [0.2, 0.25) is 0 Å². The number of rotatable bonds is 3. The molecule has 4 rings (SSSR count). The fraction of sp³-hybridized carbons (Fsp3) is 0.500. The van der Waals surface area contributed by atoms with E-state index in [1.165, 1.54) is 6.07 Å². The molecule has 0 radical (unpaired) electrons. The van der Waals surface area contributed by atoms with Gasteiger partial charge >= 0.3 is 0 Å². The van der Waals surface area contributed by atoms with Crippen molar-refractivity contribution in [3.8, 4) is 0 Å². The molecule has 19 heavy (non-hydrogen) atoms. The smallest absolute Gasteiger partial charge is 0.155 e. The van der Waals surface area contributed by atoms with Crippen LogP contribution in [0.3, 0.4) is 0 Å². The zero-order chi connectivity index (χ0) is 13.4. The summed E-state index contributed by atoms with van der Waals surface area (Å²) in [6.45, 7) is 4.98. The van der Waals surface area contributed by atoms with Gasteiger partial charge < -0.3 is 0 Å². The zero-order valence-corrected chi connectivity index (χ0v) is 12.2. The molecule has 0 saturated carbocycles. The molecule has 102 valence electrons. The number of benzene rings is 1. The summed E-state index contributed by atoms with van der Waals surface area (Å²) < 4.78 is 13.6. The van der Waals surface area contributed by atoms with Crippen LogP contribution in [0.15, 0.2) is 22.7 Å². The van der Waals surface area contributed by atoms with Crippen LogP contribution in [0.4, 0.5) is 4.39 Å². The van der Waals surface area contributed by atoms with Gasteiger partial charge in [-0.2, -0.15) is 0 Å². The van der Waals surface area contributed by atoms with E-state index in [1.54, 1.807) is 12.1 Å². The normalized spacial score (nSPS) is 29.5. The Bertz CT molecular complexity index is 500. The minimum atomic E-state index is -0.289. The molecule has 1 unspecified atom stereocenters. The van der Waals surface area contributed by atoms with Crippen molar-refractivity contribution in [2.75, 3.05) is 32.7 Å². The van der Waals surface area contributed by atoms with Gasteiger partial charge in [0.05, 0.1) is 10.5 Å². The van der Waals surface area contributed by atoms with Gasteiger partial charge in [-0.15, -0.1) is 0 Å². The average Bonchev–Trinajstić information content (AvgIpc) is 2.44. The first-order chi connectivity index (χ1) is 9.13. The van der Waals surface area contributed by atoms with Crippen LogP contribution in [0.1, 0.15) is 5.56 Å². The predicted molar refractivity (Wildman–Crippen MR) is 74.6 cm³/mol. The Morgan fingerprint density at radius 1 is 1.32 bits per heavy atom. The summed E-state index contributed by atoms with van der Waals surface area (Å²) in [7, 11) is 0. The number of hydrogen-bond donors (Lipinski definition) is 0. The summed E-state index contributed by atoms with van der Waals surface area (Å²) in [5.41, 5.74) is 0.871. The molecule has 2 bridgehead atoms. The Morgan fingerprint density at radius 3 is 2.63 bits per heavy atom. The summed E-state index contributed by atoms with van der Waals surface area (Å²) in [5.74, 6) is -0.0503. The standard InChI is InChI=1S/C14H16BrFN2O/c15-11-7-10(1-2-12(11)16)8-14(19)13-9-17-3-5-18(13)6-4-17/h1-2,7,13H,3-6,8-9H2. The molecule has 0 aromatic heterocycles. The third-order valence-electron chi connectivity index (χ3n) is 4.01. The third kappa shape index (κ3) is 2.73. The van der Waals surface area contributed by atoms with Crippen molar-refractivity contribution in [3.05, 3.63) is 34.1 Å². The van der Waals surface area contributed by atoms with Gasteiger partial charge in [0, 0.05) is 39.1 Å². The number of carbonyl (C=O) groups excluding carboxylic acids is 1. The fourth-order valence-corrected chi connectivity index (χ4v) is 3.32. The van der Waals surface area contributed by atoms with Crippen molar-refractivity contribution in [3.63, 3.8) is 0 Å². The minimum absolute atomic E-state index is 0.0197. The molecule has 3 fully saturated rings. The second-order valence-corrected chi connectivity index (χ2v) is 6.10. The molecule has 5 heteroatoms. The van der Waals surface area contributed by atoms with Crippen molar-refractivity contribution in [1.82, 2.24) is 9.80 Å². The zero-order valence-electron chi connectivity index (χ0n) is 10.6. The van der Waals surface area contributed by atoms with E-state index in [0.29, 0.717) is 10.9 Å². The fourth-order valence-electron chi connectivity index (χ4n) is 2.89. The van der Waals surface area contributed by atoms with Gasteiger partial charge in [0.25, 0.3) is 0 Å². The second kappa shape index (κ2) is 5.31. The SMILES string of the molecule is O=C(Cc1ccc(F)c(Br)c1)C1CN2CCN1CC2. The summed E-state index contributed by atoms with van der Waals surface area (Å²) in [5, 5.41) is 0. The van der Waals surface area contributed by atoms with E-state index < -0.39 is 0 Å². The van der Waals surface area contributed by atoms with E-state index in [0.717, 1.165) is 38.3 Å². The lowest BCUT2D eigenvalue weighted by Crippen LogP contribution is -2.63. The maximum atomic E-state index is 13.2. The predicted octanol–water partition coefficient (Wildman–Crippen LogP) is 1.70. The maximum Gasteiger partial charge on any atom is 0.155 e. The van der Waals surface area contributed by atoms with Crippen LogP contribution in [0, 0.1) is 5.82 Å². The van der Waals surface area contributed by atoms with Crippen LogP contribution in [-0.4, -0.2) is 54.3 Å². The maximum absolute atomic E-state index is 13.2. The average molecular weight is 327 g/mol. The number of Topliss-reactive ketones (excluding diaryl/α,β-unsaturated/α-hetero) is 1. The molecule has 3 heterocycles. The molecule has 3 nitrogen and oxygen atoms in total. The monoisotopic (exact) mass is 326 g/mol. The summed E-state index contributed by atoms with van der Waals surface area (Å²) in [6, 6.07) is 4.81. The highest BCUT2D eigenvalue weighted by atomic mass is 79.9. The molecule has 3 saturated heterocycles. The lowest BCUT2D eigenvalue weighted by Gasteiger charge is -2.46. The number of ketones is 1. The van der Waals surface area contributed by atoms with E-state index in [2.05, 4.69) is 25.7 Å². The van der Waals surface area contributed by atoms with Gasteiger partial charge in [0.1, 0.15) is 5.82 Å². The number of fused-ring (bicyclic) bond motifs is 3. The number of halogens is 2. The van der Waals surface area contributed by atoms with Crippen molar-refractivity contribution in [2.45, 2.75) is 12.5 Å². The number of carbonyl (C=O) groups is 1. The molecule has 3 aliphatic rings. The van der Waals surface area contributed by atoms with E-state index in [4.69, 9.17) is 0 Å². The lowest BCUT2D eigenvalue weighted by atomic mass is 9.98. The highest BCUT2D eigenvalue weighted by Gasteiger charge is 2.35. The molecule has 1 aromatic carbocycles. The number of piperazine rings is 3. The van der Waals surface area contributed by atoms with Gasteiger partial charge in [0.15, 0.2) is 5.78 Å². The first-order valence-electron chi connectivity index (χ1n) is 6.56. The topological polar surface area (TPSA) is 23.6 Å². The van der Waals surface area contributed by atoms with Crippen LogP contribution in [0.25, 0.3) is 0 Å². The van der Waals surface area contributed by atoms with E-state index in [-0.39, 0.29) is 17.6 Å². The Hall–Kier alpha value is -0.780. The van der Waals surface area contributed by atoms with Crippen LogP contribution >= 0.6 is 15.9 Å². The van der Waals surface area contributed by atoms with Crippen molar-refractivity contribution < 1.29 is 9.18 Å². The molecule has 0 aliphatic carbocycles. The Morgan fingerprint density at radius 2 is 2.05 bits per heavy atom. The molecule has 0 N–H and O–H groups in total. The summed E-state index contributed by atoms with van der Waals surface area (Å²) >= 11 is 3.16. The Labute approximate surface area is 120 Å². The number of nitrogens with zero attached hydrogens (tertiary/aromatic N) is 2. The van der Waals surface area contributed by atoms with E-state index in [9.17, 15) is 9.18 Å². The van der Waals surface area contributed by atoms with Gasteiger partial charge in [-0.3, -0.25) is 14.6 Å². The van der Waals surface area contributed by atoms with E-state index >= 15 is 0 Å².